The molecule has 0 bridgehead atoms. The molecule has 2 aromatic carbocycles. The maximum Gasteiger partial charge on any atom is 0.341 e. The van der Waals surface area contributed by atoms with Crippen LogP contribution < -0.4 is 9.47 Å². The van der Waals surface area contributed by atoms with Crippen molar-refractivity contribution in [3.8, 4) is 22.8 Å². The summed E-state index contributed by atoms with van der Waals surface area (Å²) < 4.78 is 16.6. The van der Waals surface area contributed by atoms with Crippen molar-refractivity contribution < 1.29 is 23.8 Å². The average Bonchev–Trinajstić information content (AvgIpc) is 3.13. The molecule has 1 aliphatic rings. The van der Waals surface area contributed by atoms with E-state index in [2.05, 4.69) is 4.90 Å². The van der Waals surface area contributed by atoms with Gasteiger partial charge in [0.25, 0.3) is 0 Å². The Labute approximate surface area is 175 Å². The molecule has 0 saturated heterocycles. The van der Waals surface area contributed by atoms with Crippen molar-refractivity contribution in [3.05, 3.63) is 71.5 Å². The first-order valence-electron chi connectivity index (χ1n) is 10.0. The van der Waals surface area contributed by atoms with E-state index in [4.69, 9.17) is 19.0 Å². The van der Waals surface area contributed by atoms with E-state index in [1.165, 1.54) is 11.1 Å². The molecule has 30 heavy (non-hydrogen) atoms. The van der Waals surface area contributed by atoms with E-state index in [9.17, 15) is 4.79 Å². The summed E-state index contributed by atoms with van der Waals surface area (Å²) in [6.07, 6.45) is 1.84. The fraction of sp³-hybridized carbons (Fsp3) is 0.292. The predicted molar refractivity (Wildman–Crippen MR) is 113 cm³/mol. The monoisotopic (exact) mass is 407 g/mol. The van der Waals surface area contributed by atoms with Gasteiger partial charge in [-0.1, -0.05) is 6.07 Å². The van der Waals surface area contributed by atoms with E-state index in [0.717, 1.165) is 55.3 Å². The molecule has 0 aliphatic carbocycles. The van der Waals surface area contributed by atoms with Crippen LogP contribution in [0.25, 0.3) is 11.3 Å². The Morgan fingerprint density at radius 2 is 1.73 bits per heavy atom. The van der Waals surface area contributed by atoms with Crippen LogP contribution in [0.2, 0.25) is 0 Å². The summed E-state index contributed by atoms with van der Waals surface area (Å²) in [6, 6.07) is 17.8. The van der Waals surface area contributed by atoms with Gasteiger partial charge >= 0.3 is 5.97 Å². The third kappa shape index (κ3) is 4.83. The zero-order valence-electron chi connectivity index (χ0n) is 17.0. The Morgan fingerprint density at radius 3 is 2.47 bits per heavy atom. The lowest BCUT2D eigenvalue weighted by Gasteiger charge is -2.18. The number of methoxy groups -OCH3 is 1. The van der Waals surface area contributed by atoms with Crippen LogP contribution >= 0.6 is 0 Å². The molecular formula is C24H25NO5. The van der Waals surface area contributed by atoms with Crippen molar-refractivity contribution in [2.45, 2.75) is 19.4 Å². The van der Waals surface area contributed by atoms with Gasteiger partial charge in [-0.3, -0.25) is 4.90 Å². The summed E-state index contributed by atoms with van der Waals surface area (Å²) in [5.74, 6) is 2.26. The average molecular weight is 407 g/mol. The van der Waals surface area contributed by atoms with Crippen LogP contribution in [0.5, 0.6) is 11.5 Å². The van der Waals surface area contributed by atoms with Gasteiger partial charge in [-0.25, -0.2) is 4.79 Å². The van der Waals surface area contributed by atoms with E-state index in [0.29, 0.717) is 5.75 Å². The molecule has 0 atom stereocenters. The molecule has 1 N–H and O–H groups in total. The van der Waals surface area contributed by atoms with Crippen LogP contribution in [0.4, 0.5) is 0 Å². The number of aliphatic carboxylic acids is 1. The molecule has 6 nitrogen and oxygen atoms in total. The van der Waals surface area contributed by atoms with Crippen LogP contribution in [0, 0.1) is 0 Å². The minimum absolute atomic E-state index is 0.320. The molecule has 0 amide bonds. The standard InChI is InChI=1S/C24H25NO5/c1-28-20-5-3-18(4-6-20)23-9-8-22(30-23)15-25-12-10-17-2-7-21(29-16-24(26)27)14-19(17)11-13-25/h2-9,14H,10-13,15-16H2,1H3,(H,26,27). The first-order chi connectivity index (χ1) is 14.6. The predicted octanol–water partition coefficient (Wildman–Crippen LogP) is 4.02. The molecule has 6 heteroatoms. The lowest BCUT2D eigenvalue weighted by Crippen LogP contribution is -2.25. The number of carboxylic acids is 1. The normalized spacial score (nSPS) is 14.0. The van der Waals surface area contributed by atoms with Crippen LogP contribution in [0.15, 0.2) is 59.0 Å². The maximum absolute atomic E-state index is 10.7. The molecule has 1 aromatic heterocycles. The van der Waals surface area contributed by atoms with Crippen molar-refractivity contribution in [1.82, 2.24) is 4.90 Å². The Hall–Kier alpha value is -3.25. The highest BCUT2D eigenvalue weighted by atomic mass is 16.5. The molecule has 3 aromatic rings. The van der Waals surface area contributed by atoms with Gasteiger partial charge < -0.3 is 19.0 Å². The van der Waals surface area contributed by atoms with E-state index in [1.54, 1.807) is 7.11 Å². The number of furan rings is 1. The summed E-state index contributed by atoms with van der Waals surface area (Å²) in [5, 5.41) is 8.78. The van der Waals surface area contributed by atoms with Crippen molar-refractivity contribution >= 4 is 5.97 Å². The zero-order valence-corrected chi connectivity index (χ0v) is 17.0. The molecule has 0 radical (unpaired) electrons. The number of rotatable bonds is 7. The number of hydrogen-bond acceptors (Lipinski definition) is 5. The van der Waals surface area contributed by atoms with Crippen LogP contribution in [0.1, 0.15) is 16.9 Å². The van der Waals surface area contributed by atoms with Crippen LogP contribution in [0.3, 0.4) is 0 Å². The summed E-state index contributed by atoms with van der Waals surface area (Å²) in [5.41, 5.74) is 3.54. The fourth-order valence-electron chi connectivity index (χ4n) is 3.73. The molecular weight excluding hydrogens is 382 g/mol. The Kier molecular flexibility index (Phi) is 6.05. The van der Waals surface area contributed by atoms with Gasteiger partial charge in [0.1, 0.15) is 23.0 Å². The first-order valence-corrected chi connectivity index (χ1v) is 10.0. The molecule has 0 spiro atoms. The number of nitrogens with zero attached hydrogens (tertiary/aromatic N) is 1. The van der Waals surface area contributed by atoms with Crippen LogP contribution in [-0.4, -0.2) is 42.8 Å². The van der Waals surface area contributed by atoms with Gasteiger partial charge in [0.15, 0.2) is 6.61 Å². The molecule has 0 fully saturated rings. The van der Waals surface area contributed by atoms with Crippen molar-refractivity contribution in [3.63, 3.8) is 0 Å². The smallest absolute Gasteiger partial charge is 0.341 e. The van der Waals surface area contributed by atoms with E-state index >= 15 is 0 Å². The summed E-state index contributed by atoms with van der Waals surface area (Å²) in [7, 11) is 1.66. The fourth-order valence-corrected chi connectivity index (χ4v) is 3.73. The highest BCUT2D eigenvalue weighted by molar-refractivity contribution is 5.68. The molecule has 1 aliphatic heterocycles. The second-order valence-electron chi connectivity index (χ2n) is 7.38. The van der Waals surface area contributed by atoms with Gasteiger partial charge in [0.2, 0.25) is 0 Å². The summed E-state index contributed by atoms with van der Waals surface area (Å²) in [6.45, 7) is 2.29. The molecule has 0 unspecified atom stereocenters. The molecule has 0 saturated carbocycles. The highest BCUT2D eigenvalue weighted by Crippen LogP contribution is 2.26. The molecule has 156 valence electrons. The van der Waals surface area contributed by atoms with Gasteiger partial charge in [-0.15, -0.1) is 0 Å². The largest absolute Gasteiger partial charge is 0.497 e. The Balaban J connectivity index is 1.38. The number of ether oxygens (including phenoxy) is 2. The second-order valence-corrected chi connectivity index (χ2v) is 7.38. The number of hydrogen-bond donors (Lipinski definition) is 1. The second kappa shape index (κ2) is 9.05. The Morgan fingerprint density at radius 1 is 1.00 bits per heavy atom. The maximum atomic E-state index is 10.7. The minimum Gasteiger partial charge on any atom is -0.497 e. The first kappa shape index (κ1) is 20.0. The van der Waals surface area contributed by atoms with Crippen molar-refractivity contribution in [1.29, 1.82) is 0 Å². The van der Waals surface area contributed by atoms with E-state index in [1.807, 2.05) is 54.6 Å². The van der Waals surface area contributed by atoms with Gasteiger partial charge in [-0.2, -0.15) is 0 Å². The number of carbonyl (C=O) groups is 1. The number of benzene rings is 2. The molecule has 2 heterocycles. The SMILES string of the molecule is COc1ccc(-c2ccc(CN3CCc4ccc(OCC(=O)O)cc4CC3)o2)cc1. The minimum atomic E-state index is -0.969. The lowest BCUT2D eigenvalue weighted by atomic mass is 10.0. The van der Waals surface area contributed by atoms with Gasteiger partial charge in [0, 0.05) is 18.7 Å². The van der Waals surface area contributed by atoms with Crippen molar-refractivity contribution in [2.24, 2.45) is 0 Å². The van der Waals surface area contributed by atoms with Crippen molar-refractivity contribution in [2.75, 3.05) is 26.8 Å². The molecule has 4 rings (SSSR count). The highest BCUT2D eigenvalue weighted by Gasteiger charge is 2.17. The zero-order chi connectivity index (χ0) is 20.9. The third-order valence-electron chi connectivity index (χ3n) is 5.35. The number of carboxylic acid groups (broad SMARTS) is 1. The van der Waals surface area contributed by atoms with E-state index < -0.39 is 5.97 Å². The Bertz CT molecular complexity index is 1010. The van der Waals surface area contributed by atoms with Gasteiger partial charge in [0.05, 0.1) is 13.7 Å². The third-order valence-corrected chi connectivity index (χ3v) is 5.35. The number of fused-ring (bicyclic) bond motifs is 1. The topological polar surface area (TPSA) is 72.1 Å². The van der Waals surface area contributed by atoms with Crippen LogP contribution in [-0.2, 0) is 24.2 Å². The summed E-state index contributed by atoms with van der Waals surface area (Å²) >= 11 is 0. The summed E-state index contributed by atoms with van der Waals surface area (Å²) in [4.78, 5) is 13.1. The lowest BCUT2D eigenvalue weighted by molar-refractivity contribution is -0.139. The van der Waals surface area contributed by atoms with Gasteiger partial charge in [-0.05, 0) is 72.5 Å². The van der Waals surface area contributed by atoms with E-state index in [-0.39, 0.29) is 6.61 Å². The quantitative estimate of drug-likeness (QED) is 0.638.